The van der Waals surface area contributed by atoms with Gasteiger partial charge in [0.1, 0.15) is 16.7 Å². The van der Waals surface area contributed by atoms with Crippen LogP contribution in [0.1, 0.15) is 29.2 Å². The molecule has 0 aliphatic rings. The molecule has 0 fully saturated rings. The predicted molar refractivity (Wildman–Crippen MR) is 74.8 cm³/mol. The van der Waals surface area contributed by atoms with Crippen LogP contribution in [0.5, 0.6) is 0 Å². The molecule has 2 rings (SSSR count). The van der Waals surface area contributed by atoms with Gasteiger partial charge in [-0.3, -0.25) is 9.36 Å². The van der Waals surface area contributed by atoms with Crippen LogP contribution in [0.2, 0.25) is 0 Å². The molecule has 6 heteroatoms. The van der Waals surface area contributed by atoms with E-state index in [1.807, 2.05) is 13.8 Å². The highest BCUT2D eigenvalue weighted by Gasteiger charge is 2.22. The van der Waals surface area contributed by atoms with Gasteiger partial charge in [0.05, 0.1) is 12.5 Å². The molecule has 0 amide bonds. The second-order valence-electron chi connectivity index (χ2n) is 4.50. The topological polar surface area (TPSA) is 61.2 Å². The molecule has 0 aliphatic heterocycles. The molecular formula is C13H16N2O3S. The lowest BCUT2D eigenvalue weighted by atomic mass is 10.2. The van der Waals surface area contributed by atoms with Gasteiger partial charge in [-0.1, -0.05) is 0 Å². The zero-order chi connectivity index (χ0) is 14.3. The molecule has 1 unspecified atom stereocenters. The van der Waals surface area contributed by atoms with Gasteiger partial charge in [0, 0.05) is 4.88 Å². The zero-order valence-electron chi connectivity index (χ0n) is 11.6. The average molecular weight is 280 g/mol. The highest BCUT2D eigenvalue weighted by molar-refractivity contribution is 7.18. The summed E-state index contributed by atoms with van der Waals surface area (Å²) in [6.45, 7) is 7.23. The first-order valence-corrected chi connectivity index (χ1v) is 6.76. The van der Waals surface area contributed by atoms with E-state index in [0.29, 0.717) is 11.2 Å². The largest absolute Gasteiger partial charge is 0.467 e. The number of aryl methyl sites for hydroxylation is 3. The second-order valence-corrected chi connectivity index (χ2v) is 5.70. The molecular weight excluding hydrogens is 264 g/mol. The molecule has 0 N–H and O–H groups in total. The fraction of sp³-hybridized carbons (Fsp3) is 0.462. The highest BCUT2D eigenvalue weighted by atomic mass is 32.1. The van der Waals surface area contributed by atoms with Crippen molar-refractivity contribution in [2.75, 3.05) is 7.11 Å². The average Bonchev–Trinajstić information content (AvgIpc) is 2.63. The van der Waals surface area contributed by atoms with E-state index in [0.717, 1.165) is 15.3 Å². The highest BCUT2D eigenvalue weighted by Crippen LogP contribution is 2.26. The molecule has 0 aromatic carbocycles. The SMILES string of the molecule is COC(=O)C(C)n1c(C)nc2sc(C)c(C)c2c1=O. The van der Waals surface area contributed by atoms with Crippen molar-refractivity contribution in [2.45, 2.75) is 33.7 Å². The number of fused-ring (bicyclic) bond motifs is 1. The zero-order valence-corrected chi connectivity index (χ0v) is 12.4. The Morgan fingerprint density at radius 3 is 2.58 bits per heavy atom. The maximum absolute atomic E-state index is 12.6. The van der Waals surface area contributed by atoms with Crippen LogP contribution in [0.3, 0.4) is 0 Å². The van der Waals surface area contributed by atoms with Crippen LogP contribution >= 0.6 is 11.3 Å². The normalized spacial score (nSPS) is 12.7. The number of aromatic nitrogens is 2. The van der Waals surface area contributed by atoms with Gasteiger partial charge in [-0.05, 0) is 33.3 Å². The minimum atomic E-state index is -0.672. The first-order chi connectivity index (χ1) is 8.88. The van der Waals surface area contributed by atoms with Crippen molar-refractivity contribution in [2.24, 2.45) is 0 Å². The number of rotatable bonds is 2. The minimum absolute atomic E-state index is 0.178. The Balaban J connectivity index is 2.79. The van der Waals surface area contributed by atoms with Crippen molar-refractivity contribution in [3.63, 3.8) is 0 Å². The molecule has 102 valence electrons. The number of hydrogen-bond acceptors (Lipinski definition) is 5. The molecule has 5 nitrogen and oxygen atoms in total. The van der Waals surface area contributed by atoms with E-state index in [1.54, 1.807) is 13.8 Å². The quantitative estimate of drug-likeness (QED) is 0.791. The number of nitrogens with zero attached hydrogens (tertiary/aromatic N) is 2. The van der Waals surface area contributed by atoms with Crippen LogP contribution in [0.25, 0.3) is 10.2 Å². The summed E-state index contributed by atoms with van der Waals surface area (Å²) < 4.78 is 6.10. The Hall–Kier alpha value is -1.69. The van der Waals surface area contributed by atoms with Crippen molar-refractivity contribution in [1.82, 2.24) is 9.55 Å². The van der Waals surface area contributed by atoms with E-state index in [-0.39, 0.29) is 5.56 Å². The maximum atomic E-state index is 12.6. The van der Waals surface area contributed by atoms with Gasteiger partial charge in [0.25, 0.3) is 5.56 Å². The summed E-state index contributed by atoms with van der Waals surface area (Å²) in [5.74, 6) is 0.0765. The summed E-state index contributed by atoms with van der Waals surface area (Å²) >= 11 is 1.50. The Labute approximate surface area is 114 Å². The molecule has 0 aliphatic carbocycles. The molecule has 2 heterocycles. The van der Waals surface area contributed by atoms with Gasteiger partial charge >= 0.3 is 5.97 Å². The molecule has 0 saturated carbocycles. The van der Waals surface area contributed by atoms with E-state index >= 15 is 0 Å². The van der Waals surface area contributed by atoms with Crippen molar-refractivity contribution in [3.05, 3.63) is 26.6 Å². The van der Waals surface area contributed by atoms with Gasteiger partial charge in [-0.2, -0.15) is 0 Å². The summed E-state index contributed by atoms with van der Waals surface area (Å²) in [6, 6.07) is -0.672. The van der Waals surface area contributed by atoms with Crippen LogP contribution in [0.4, 0.5) is 0 Å². The molecule has 0 saturated heterocycles. The summed E-state index contributed by atoms with van der Waals surface area (Å²) in [4.78, 5) is 30.4. The van der Waals surface area contributed by atoms with E-state index in [4.69, 9.17) is 4.74 Å². The van der Waals surface area contributed by atoms with E-state index in [9.17, 15) is 9.59 Å². The summed E-state index contributed by atoms with van der Waals surface area (Å²) in [7, 11) is 1.31. The lowest BCUT2D eigenvalue weighted by Gasteiger charge is -2.15. The standard InChI is InChI=1S/C13H16N2O3S/c1-6-8(3)19-11-10(6)12(16)15(9(4)14-11)7(2)13(17)18-5/h7H,1-5H3. The fourth-order valence-corrected chi connectivity index (χ4v) is 3.21. The molecule has 0 bridgehead atoms. The number of carbonyl (C=O) groups excluding carboxylic acids is 1. The van der Waals surface area contributed by atoms with Gasteiger partial charge in [-0.25, -0.2) is 9.78 Å². The van der Waals surface area contributed by atoms with Crippen LogP contribution in [-0.2, 0) is 9.53 Å². The number of esters is 1. The Bertz CT molecular complexity index is 715. The number of hydrogen-bond donors (Lipinski definition) is 0. The van der Waals surface area contributed by atoms with Crippen molar-refractivity contribution < 1.29 is 9.53 Å². The monoisotopic (exact) mass is 280 g/mol. The third-order valence-corrected chi connectivity index (χ3v) is 4.44. The lowest BCUT2D eigenvalue weighted by Crippen LogP contribution is -2.31. The van der Waals surface area contributed by atoms with Gasteiger partial charge in [0.2, 0.25) is 0 Å². The van der Waals surface area contributed by atoms with Crippen LogP contribution < -0.4 is 5.56 Å². The molecule has 0 spiro atoms. The smallest absolute Gasteiger partial charge is 0.328 e. The number of methoxy groups -OCH3 is 1. The third kappa shape index (κ3) is 2.06. The summed E-state index contributed by atoms with van der Waals surface area (Å²) in [6.07, 6.45) is 0. The van der Waals surface area contributed by atoms with E-state index in [1.165, 1.54) is 23.0 Å². The summed E-state index contributed by atoms with van der Waals surface area (Å²) in [5.41, 5.74) is 0.755. The summed E-state index contributed by atoms with van der Waals surface area (Å²) in [5, 5.41) is 0.601. The molecule has 2 aromatic rings. The van der Waals surface area contributed by atoms with E-state index in [2.05, 4.69) is 4.98 Å². The molecule has 19 heavy (non-hydrogen) atoms. The van der Waals surface area contributed by atoms with Crippen molar-refractivity contribution in [1.29, 1.82) is 0 Å². The van der Waals surface area contributed by atoms with Crippen LogP contribution in [-0.4, -0.2) is 22.6 Å². The Morgan fingerprint density at radius 2 is 2.00 bits per heavy atom. The minimum Gasteiger partial charge on any atom is -0.467 e. The molecule has 1 atom stereocenters. The van der Waals surface area contributed by atoms with Gasteiger partial charge in [0.15, 0.2) is 0 Å². The molecule has 2 aromatic heterocycles. The van der Waals surface area contributed by atoms with E-state index < -0.39 is 12.0 Å². The Morgan fingerprint density at radius 1 is 1.37 bits per heavy atom. The van der Waals surface area contributed by atoms with Crippen molar-refractivity contribution >= 4 is 27.5 Å². The van der Waals surface area contributed by atoms with Gasteiger partial charge in [-0.15, -0.1) is 11.3 Å². The fourth-order valence-electron chi connectivity index (χ4n) is 2.14. The third-order valence-electron chi connectivity index (χ3n) is 3.34. The maximum Gasteiger partial charge on any atom is 0.328 e. The number of carbonyl (C=O) groups is 1. The Kier molecular flexibility index (Phi) is 3.45. The first-order valence-electron chi connectivity index (χ1n) is 5.95. The molecule has 0 radical (unpaired) electrons. The number of thiophene rings is 1. The van der Waals surface area contributed by atoms with Gasteiger partial charge < -0.3 is 4.74 Å². The number of ether oxygens (including phenoxy) is 1. The van der Waals surface area contributed by atoms with Crippen molar-refractivity contribution in [3.8, 4) is 0 Å². The second kappa shape index (κ2) is 4.77. The predicted octanol–water partition coefficient (Wildman–Crippen LogP) is 2.12. The van der Waals surface area contributed by atoms with Crippen LogP contribution in [0, 0.1) is 20.8 Å². The first kappa shape index (κ1) is 13.7. The van der Waals surface area contributed by atoms with Crippen LogP contribution in [0.15, 0.2) is 4.79 Å². The lowest BCUT2D eigenvalue weighted by molar-refractivity contribution is -0.144.